The second-order valence-corrected chi connectivity index (χ2v) is 12.3. The van der Waals surface area contributed by atoms with E-state index in [2.05, 4.69) is 34.6 Å². The van der Waals surface area contributed by atoms with E-state index < -0.39 is 0 Å². The maximum atomic E-state index is 11.6. The molecule has 1 amide bonds. The van der Waals surface area contributed by atoms with E-state index in [1.165, 1.54) is 148 Å². The van der Waals surface area contributed by atoms with Gasteiger partial charge >= 0.3 is 0 Å². The molecule has 0 saturated carbocycles. The van der Waals surface area contributed by atoms with Crippen LogP contribution in [0.5, 0.6) is 0 Å². The number of ether oxygens (including phenoxy) is 3. The van der Waals surface area contributed by atoms with Crippen LogP contribution in [0.3, 0.4) is 0 Å². The number of nitrogens with zero attached hydrogens (tertiary/aromatic N) is 1. The lowest BCUT2D eigenvalue weighted by Gasteiger charge is -2.19. The molecule has 0 saturated heterocycles. The van der Waals surface area contributed by atoms with E-state index in [4.69, 9.17) is 14.2 Å². The molecule has 0 aromatic heterocycles. The molecular weight excluding hydrogens is 546 g/mol. The summed E-state index contributed by atoms with van der Waals surface area (Å²) in [7, 11) is 1.63. The maximum Gasteiger partial charge on any atom is 0.248 e. The van der Waals surface area contributed by atoms with Crippen molar-refractivity contribution in [3.8, 4) is 0 Å². The van der Waals surface area contributed by atoms with E-state index in [-0.39, 0.29) is 12.5 Å². The van der Waals surface area contributed by atoms with Gasteiger partial charge in [0.15, 0.2) is 0 Å². The van der Waals surface area contributed by atoms with Crippen LogP contribution in [0.25, 0.3) is 0 Å². The van der Waals surface area contributed by atoms with E-state index in [1.54, 1.807) is 12.0 Å². The van der Waals surface area contributed by atoms with Crippen LogP contribution in [0, 0.1) is 0 Å². The quantitative estimate of drug-likeness (QED) is 0.0695. The van der Waals surface area contributed by atoms with Crippen molar-refractivity contribution >= 4 is 5.91 Å². The van der Waals surface area contributed by atoms with Crippen molar-refractivity contribution in [1.82, 2.24) is 4.90 Å². The summed E-state index contributed by atoms with van der Waals surface area (Å²) in [5, 5.41) is 0. The van der Waals surface area contributed by atoms with Crippen molar-refractivity contribution in [2.24, 2.45) is 0 Å². The monoisotopic (exact) mass is 630 g/mol. The zero-order valence-corrected chi connectivity index (χ0v) is 31.5. The zero-order chi connectivity index (χ0) is 33.2. The molecule has 268 valence electrons. The fraction of sp³-hybridized carbons (Fsp3) is 0.974. The Kier molecular flexibility index (Phi) is 50.8. The van der Waals surface area contributed by atoms with Crippen molar-refractivity contribution in [2.45, 2.75) is 196 Å². The third-order valence-corrected chi connectivity index (χ3v) is 7.92. The number of carbonyl (C=O) groups excluding carboxylic acids is 1. The molecule has 0 aliphatic carbocycles. The Balaban J connectivity index is -0.000000579. The lowest BCUT2D eigenvalue weighted by atomic mass is 10.1. The minimum atomic E-state index is 0.0474. The van der Waals surface area contributed by atoms with E-state index in [1.807, 2.05) is 6.92 Å². The van der Waals surface area contributed by atoms with E-state index in [0.717, 1.165) is 19.5 Å². The normalized spacial score (nSPS) is 10.6. The van der Waals surface area contributed by atoms with Gasteiger partial charge in [-0.2, -0.15) is 0 Å². The Morgan fingerprint density at radius 2 is 0.750 bits per heavy atom. The van der Waals surface area contributed by atoms with Crippen LogP contribution in [-0.2, 0) is 19.0 Å². The number of unbranched alkanes of at least 4 members (excludes halogenated alkanes) is 21. The van der Waals surface area contributed by atoms with Gasteiger partial charge in [-0.3, -0.25) is 4.79 Å². The number of amides is 1. The molecule has 0 aromatic rings. The molecule has 0 atom stereocenters. The largest absolute Gasteiger partial charge is 0.382 e. The molecular formula is C39H83NO4. The smallest absolute Gasteiger partial charge is 0.248 e. The summed E-state index contributed by atoms with van der Waals surface area (Å²) >= 11 is 0. The van der Waals surface area contributed by atoms with Gasteiger partial charge in [-0.15, -0.1) is 0 Å². The van der Waals surface area contributed by atoms with E-state index in [0.29, 0.717) is 26.4 Å². The van der Waals surface area contributed by atoms with Crippen LogP contribution in [0.4, 0.5) is 0 Å². The van der Waals surface area contributed by atoms with Gasteiger partial charge in [-0.25, -0.2) is 0 Å². The molecule has 44 heavy (non-hydrogen) atoms. The highest BCUT2D eigenvalue weighted by Gasteiger charge is 2.09. The van der Waals surface area contributed by atoms with Crippen molar-refractivity contribution in [3.05, 3.63) is 0 Å². The van der Waals surface area contributed by atoms with Gasteiger partial charge < -0.3 is 19.1 Å². The summed E-state index contributed by atoms with van der Waals surface area (Å²) in [5.74, 6) is 0.0474. The average molecular weight is 630 g/mol. The molecule has 0 aromatic carbocycles. The summed E-state index contributed by atoms with van der Waals surface area (Å²) in [4.78, 5) is 13.4. The Bertz CT molecular complexity index is 467. The SMILES string of the molecule is CCCCCCCCCCCCC.CCCCCCCCCCCCCC.CCCN(CC)C(=O)COCCOCCOC. The summed E-state index contributed by atoms with van der Waals surface area (Å²) < 4.78 is 15.3. The van der Waals surface area contributed by atoms with Gasteiger partial charge in [0.2, 0.25) is 5.91 Å². The van der Waals surface area contributed by atoms with Gasteiger partial charge in [-0.1, -0.05) is 182 Å². The zero-order valence-electron chi connectivity index (χ0n) is 31.5. The number of rotatable bonds is 32. The molecule has 0 fully saturated rings. The fourth-order valence-corrected chi connectivity index (χ4v) is 4.99. The minimum Gasteiger partial charge on any atom is -0.382 e. The summed E-state index contributed by atoms with van der Waals surface area (Å²) in [5.41, 5.74) is 0. The Morgan fingerprint density at radius 3 is 1.05 bits per heavy atom. The lowest BCUT2D eigenvalue weighted by molar-refractivity contribution is -0.136. The third-order valence-electron chi connectivity index (χ3n) is 7.92. The number of likely N-dealkylation sites (N-methyl/N-ethyl adjacent to an activating group) is 1. The van der Waals surface area contributed by atoms with Gasteiger partial charge in [0.1, 0.15) is 6.61 Å². The van der Waals surface area contributed by atoms with Gasteiger partial charge in [0.25, 0.3) is 0 Å². The predicted molar refractivity (Wildman–Crippen MR) is 195 cm³/mol. The number of methoxy groups -OCH3 is 1. The first-order chi connectivity index (χ1) is 21.6. The molecule has 0 aliphatic heterocycles. The molecule has 0 spiro atoms. The van der Waals surface area contributed by atoms with Crippen LogP contribution in [0.1, 0.15) is 196 Å². The molecule has 5 nitrogen and oxygen atoms in total. The van der Waals surface area contributed by atoms with Crippen LogP contribution in [-0.4, -0.2) is 64.0 Å². The molecule has 0 unspecified atom stereocenters. The molecule has 0 aliphatic rings. The number of hydrogen-bond acceptors (Lipinski definition) is 4. The van der Waals surface area contributed by atoms with Gasteiger partial charge in [0.05, 0.1) is 26.4 Å². The summed E-state index contributed by atoms with van der Waals surface area (Å²) in [6, 6.07) is 0. The van der Waals surface area contributed by atoms with Gasteiger partial charge in [0, 0.05) is 20.2 Å². The Morgan fingerprint density at radius 1 is 0.432 bits per heavy atom. The highest BCUT2D eigenvalue weighted by atomic mass is 16.5. The van der Waals surface area contributed by atoms with Crippen LogP contribution >= 0.6 is 0 Å². The summed E-state index contributed by atoms with van der Waals surface area (Å²) in [6.45, 7) is 16.9. The molecule has 0 rings (SSSR count). The van der Waals surface area contributed by atoms with Crippen LogP contribution in [0.15, 0.2) is 0 Å². The van der Waals surface area contributed by atoms with Crippen LogP contribution in [0.2, 0.25) is 0 Å². The Labute approximate surface area is 278 Å². The highest BCUT2D eigenvalue weighted by Crippen LogP contribution is 2.12. The first-order valence-corrected chi connectivity index (χ1v) is 19.5. The standard InChI is InChI=1S/C14H30.C13H28.C12H25NO4/c1-3-5-7-9-11-13-14-12-10-8-6-4-2;1-3-5-7-9-11-13-12-10-8-6-4-2;1-4-6-13(5-2)12(14)11-17-10-9-16-8-7-15-3/h3-14H2,1-2H3;3-13H2,1-2H3;4-11H2,1-3H3. The first kappa shape index (κ1) is 47.8. The predicted octanol–water partition coefficient (Wildman–Crippen LogP) is 11.9. The highest BCUT2D eigenvalue weighted by molar-refractivity contribution is 5.77. The lowest BCUT2D eigenvalue weighted by Crippen LogP contribution is -2.34. The van der Waals surface area contributed by atoms with Crippen LogP contribution < -0.4 is 0 Å². The minimum absolute atomic E-state index is 0.0474. The first-order valence-electron chi connectivity index (χ1n) is 19.5. The number of carbonyl (C=O) groups is 1. The Hall–Kier alpha value is -0.650. The fourth-order valence-electron chi connectivity index (χ4n) is 4.99. The second kappa shape index (κ2) is 46.8. The van der Waals surface area contributed by atoms with Gasteiger partial charge in [-0.05, 0) is 13.3 Å². The van der Waals surface area contributed by atoms with E-state index in [9.17, 15) is 4.79 Å². The average Bonchev–Trinajstić information content (AvgIpc) is 3.04. The third kappa shape index (κ3) is 45.8. The van der Waals surface area contributed by atoms with Crippen molar-refractivity contribution in [1.29, 1.82) is 0 Å². The molecule has 0 radical (unpaired) electrons. The second-order valence-electron chi connectivity index (χ2n) is 12.3. The van der Waals surface area contributed by atoms with Crippen molar-refractivity contribution in [2.75, 3.05) is 53.2 Å². The number of hydrogen-bond donors (Lipinski definition) is 0. The molecule has 0 N–H and O–H groups in total. The van der Waals surface area contributed by atoms with E-state index >= 15 is 0 Å². The summed E-state index contributed by atoms with van der Waals surface area (Å²) in [6.07, 6.45) is 34.3. The van der Waals surface area contributed by atoms with Crippen molar-refractivity contribution < 1.29 is 19.0 Å². The van der Waals surface area contributed by atoms with Crippen molar-refractivity contribution in [3.63, 3.8) is 0 Å². The molecule has 5 heteroatoms. The topological polar surface area (TPSA) is 48.0 Å². The molecule has 0 heterocycles. The maximum absolute atomic E-state index is 11.6. The molecule has 0 bridgehead atoms.